The van der Waals surface area contributed by atoms with E-state index in [2.05, 4.69) is 32.1 Å². The van der Waals surface area contributed by atoms with Crippen LogP contribution in [0.2, 0.25) is 0 Å². The predicted molar refractivity (Wildman–Crippen MR) is 125 cm³/mol. The number of nitrogens with two attached hydrogens (primary N) is 1. The van der Waals surface area contributed by atoms with Crippen molar-refractivity contribution in [2.45, 2.75) is 31.7 Å². The number of rotatable bonds is 4. The Hall–Kier alpha value is -3.20. The summed E-state index contributed by atoms with van der Waals surface area (Å²) in [6.45, 7) is 3.43. The molecule has 168 valence electrons. The highest BCUT2D eigenvalue weighted by atomic mass is 19.1. The first kappa shape index (κ1) is 20.7. The molecule has 0 amide bonds. The number of hydrogen-bond acceptors (Lipinski definition) is 7. The highest BCUT2D eigenvalue weighted by Gasteiger charge is 2.22. The lowest BCUT2D eigenvalue weighted by Gasteiger charge is -2.34. The lowest BCUT2D eigenvalue weighted by Crippen LogP contribution is -2.44. The largest absolute Gasteiger partial charge is 0.394 e. The quantitative estimate of drug-likeness (QED) is 0.648. The number of benzene rings is 1. The Labute approximate surface area is 185 Å². The Kier molecular flexibility index (Phi) is 5.42. The summed E-state index contributed by atoms with van der Waals surface area (Å²) in [4.78, 5) is 26.1. The molecule has 0 atom stereocenters. The summed E-state index contributed by atoms with van der Waals surface area (Å²) in [6, 6.07) is 6.80. The molecule has 3 aromatic rings. The number of nitrogens with zero attached hydrogens (tertiary/aromatic N) is 5. The molecule has 0 bridgehead atoms. The SMILES string of the molecule is CN1CCN(c2ccc(Nc3ncc4cc(N)c(=O)n(C5CCCC5)c4n3)cc2F)CC1. The van der Waals surface area contributed by atoms with E-state index in [9.17, 15) is 9.18 Å². The molecular weight excluding hydrogens is 409 g/mol. The average molecular weight is 438 g/mol. The number of fused-ring (bicyclic) bond motifs is 1. The van der Waals surface area contributed by atoms with E-state index in [4.69, 9.17) is 5.73 Å². The Bertz CT molecular complexity index is 1200. The van der Waals surface area contributed by atoms with Gasteiger partial charge in [-0.25, -0.2) is 9.37 Å². The lowest BCUT2D eigenvalue weighted by atomic mass is 10.2. The molecule has 1 aliphatic heterocycles. The number of pyridine rings is 1. The number of hydrogen-bond donors (Lipinski definition) is 2. The van der Waals surface area contributed by atoms with Gasteiger partial charge in [-0.15, -0.1) is 0 Å². The Morgan fingerprint density at radius 2 is 1.88 bits per heavy atom. The fourth-order valence-electron chi connectivity index (χ4n) is 4.72. The van der Waals surface area contributed by atoms with Crippen molar-refractivity contribution in [1.82, 2.24) is 19.4 Å². The number of aromatic nitrogens is 3. The molecule has 0 unspecified atom stereocenters. The highest BCUT2D eigenvalue weighted by Crippen LogP contribution is 2.31. The average Bonchev–Trinajstić information content (AvgIpc) is 3.30. The lowest BCUT2D eigenvalue weighted by molar-refractivity contribution is 0.311. The van der Waals surface area contributed by atoms with E-state index < -0.39 is 0 Å². The van der Waals surface area contributed by atoms with Gasteiger partial charge in [-0.2, -0.15) is 4.98 Å². The number of nitrogen functional groups attached to an aromatic ring is 1. The Balaban J connectivity index is 1.44. The van der Waals surface area contributed by atoms with Gasteiger partial charge in [0, 0.05) is 49.5 Å². The third kappa shape index (κ3) is 3.88. The van der Waals surface area contributed by atoms with Crippen LogP contribution in [0.15, 0.2) is 35.3 Å². The van der Waals surface area contributed by atoms with Crippen molar-refractivity contribution in [3.05, 3.63) is 46.6 Å². The topological polar surface area (TPSA) is 92.3 Å². The monoisotopic (exact) mass is 437 g/mol. The van der Waals surface area contributed by atoms with E-state index in [1.165, 1.54) is 6.07 Å². The van der Waals surface area contributed by atoms with Crippen LogP contribution < -0.4 is 21.5 Å². The van der Waals surface area contributed by atoms with Crippen molar-refractivity contribution in [2.75, 3.05) is 49.2 Å². The van der Waals surface area contributed by atoms with E-state index in [-0.39, 0.29) is 23.1 Å². The maximum Gasteiger partial charge on any atom is 0.275 e. The number of piperazine rings is 1. The Morgan fingerprint density at radius 1 is 1.12 bits per heavy atom. The molecule has 3 heterocycles. The van der Waals surface area contributed by atoms with Gasteiger partial charge in [0.15, 0.2) is 0 Å². The van der Waals surface area contributed by atoms with E-state index in [0.717, 1.165) is 57.2 Å². The van der Waals surface area contributed by atoms with Crippen molar-refractivity contribution < 1.29 is 4.39 Å². The first-order chi connectivity index (χ1) is 15.5. The number of halogens is 1. The van der Waals surface area contributed by atoms with Gasteiger partial charge >= 0.3 is 0 Å². The smallest absolute Gasteiger partial charge is 0.275 e. The molecule has 3 N–H and O–H groups in total. The fraction of sp³-hybridized carbons (Fsp3) is 0.435. The second kappa shape index (κ2) is 8.38. The molecule has 2 aliphatic rings. The number of anilines is 4. The van der Waals surface area contributed by atoms with Crippen LogP contribution in [-0.2, 0) is 0 Å². The van der Waals surface area contributed by atoms with Crippen molar-refractivity contribution in [1.29, 1.82) is 0 Å². The Morgan fingerprint density at radius 3 is 2.59 bits per heavy atom. The molecule has 1 saturated heterocycles. The van der Waals surface area contributed by atoms with Crippen molar-refractivity contribution >= 4 is 34.0 Å². The standard InChI is InChI=1S/C23H28FN7O/c1-29-8-10-30(11-9-29)20-7-6-16(13-18(20)24)27-23-26-14-15-12-19(25)22(32)31(21(15)28-23)17-4-2-3-5-17/h6-7,12-14,17H,2-5,8-11,25H2,1H3,(H,26,27,28). The normalized spacial score (nSPS) is 17.9. The van der Waals surface area contributed by atoms with Crippen LogP contribution in [0.5, 0.6) is 0 Å². The predicted octanol–water partition coefficient (Wildman–Crippen LogP) is 3.12. The molecule has 0 radical (unpaired) electrons. The van der Waals surface area contributed by atoms with E-state index in [1.807, 2.05) is 6.07 Å². The van der Waals surface area contributed by atoms with Gasteiger partial charge in [0.25, 0.3) is 5.56 Å². The van der Waals surface area contributed by atoms with Crippen LogP contribution in [0.25, 0.3) is 11.0 Å². The van der Waals surface area contributed by atoms with Gasteiger partial charge in [0.05, 0.1) is 11.4 Å². The minimum absolute atomic E-state index is 0.0940. The van der Waals surface area contributed by atoms with Crippen LogP contribution >= 0.6 is 0 Å². The van der Waals surface area contributed by atoms with Crippen molar-refractivity contribution in [2.24, 2.45) is 0 Å². The molecule has 9 heteroatoms. The first-order valence-corrected chi connectivity index (χ1v) is 11.2. The molecule has 5 rings (SSSR count). The van der Waals surface area contributed by atoms with E-state index in [1.54, 1.807) is 22.9 Å². The zero-order chi connectivity index (χ0) is 22.2. The molecule has 8 nitrogen and oxygen atoms in total. The third-order valence-corrected chi connectivity index (χ3v) is 6.54. The van der Waals surface area contributed by atoms with Gasteiger partial charge in [-0.3, -0.25) is 9.36 Å². The van der Waals surface area contributed by atoms with Crippen molar-refractivity contribution in [3.63, 3.8) is 0 Å². The van der Waals surface area contributed by atoms with Crippen LogP contribution in [0, 0.1) is 5.82 Å². The summed E-state index contributed by atoms with van der Waals surface area (Å²) in [6.07, 6.45) is 5.69. The van der Waals surface area contributed by atoms with Crippen LogP contribution in [0.1, 0.15) is 31.7 Å². The minimum atomic E-state index is -0.282. The number of nitrogens with one attached hydrogen (secondary N) is 1. The summed E-state index contributed by atoms with van der Waals surface area (Å²) in [5, 5.41) is 3.81. The molecular formula is C23H28FN7O. The maximum absolute atomic E-state index is 14.9. The molecule has 1 saturated carbocycles. The first-order valence-electron chi connectivity index (χ1n) is 11.2. The molecule has 2 fully saturated rings. The summed E-state index contributed by atoms with van der Waals surface area (Å²) in [5.74, 6) is 0.0381. The third-order valence-electron chi connectivity index (χ3n) is 6.54. The summed E-state index contributed by atoms with van der Waals surface area (Å²) >= 11 is 0. The van der Waals surface area contributed by atoms with Crippen LogP contribution in [-0.4, -0.2) is 52.7 Å². The molecule has 0 spiro atoms. The second-order valence-electron chi connectivity index (χ2n) is 8.77. The minimum Gasteiger partial charge on any atom is -0.394 e. The van der Waals surface area contributed by atoms with Crippen LogP contribution in [0.3, 0.4) is 0 Å². The summed E-state index contributed by atoms with van der Waals surface area (Å²) in [5.41, 5.74) is 7.68. The number of likely N-dealkylation sites (N-methyl/N-ethyl adjacent to an activating group) is 1. The van der Waals surface area contributed by atoms with E-state index in [0.29, 0.717) is 23.0 Å². The van der Waals surface area contributed by atoms with Gasteiger partial charge in [-0.1, -0.05) is 12.8 Å². The molecule has 1 aliphatic carbocycles. The zero-order valence-electron chi connectivity index (χ0n) is 18.2. The van der Waals surface area contributed by atoms with Gasteiger partial charge in [0.2, 0.25) is 5.95 Å². The highest BCUT2D eigenvalue weighted by molar-refractivity contribution is 5.79. The van der Waals surface area contributed by atoms with Crippen LogP contribution in [0.4, 0.5) is 27.4 Å². The van der Waals surface area contributed by atoms with E-state index >= 15 is 0 Å². The molecule has 2 aromatic heterocycles. The fourth-order valence-corrected chi connectivity index (χ4v) is 4.72. The molecule has 32 heavy (non-hydrogen) atoms. The molecule has 1 aromatic carbocycles. The van der Waals surface area contributed by atoms with Gasteiger partial charge in [-0.05, 0) is 44.2 Å². The van der Waals surface area contributed by atoms with Gasteiger partial charge < -0.3 is 20.9 Å². The van der Waals surface area contributed by atoms with Crippen molar-refractivity contribution in [3.8, 4) is 0 Å². The van der Waals surface area contributed by atoms with Gasteiger partial charge in [0.1, 0.15) is 11.5 Å². The second-order valence-corrected chi connectivity index (χ2v) is 8.77. The summed E-state index contributed by atoms with van der Waals surface area (Å²) in [7, 11) is 2.07. The summed E-state index contributed by atoms with van der Waals surface area (Å²) < 4.78 is 16.6. The maximum atomic E-state index is 14.9. The zero-order valence-corrected chi connectivity index (χ0v) is 18.2.